The first-order valence-electron chi connectivity index (χ1n) is 11.6. The number of amides is 2. The summed E-state index contributed by atoms with van der Waals surface area (Å²) < 4.78 is 11.1. The molecule has 0 saturated carbocycles. The van der Waals surface area contributed by atoms with Gasteiger partial charge >= 0.3 is 0 Å². The van der Waals surface area contributed by atoms with Crippen molar-refractivity contribution in [1.29, 1.82) is 0 Å². The first-order chi connectivity index (χ1) is 18.2. The van der Waals surface area contributed by atoms with Crippen LogP contribution < -0.4 is 19.4 Å². The second-order valence-electron chi connectivity index (χ2n) is 8.60. The molecule has 38 heavy (non-hydrogen) atoms. The van der Waals surface area contributed by atoms with E-state index < -0.39 is 34.8 Å². The minimum absolute atomic E-state index is 0.134. The standard InChI is InChI=1S/C26H22BrN3O8/c1-3-37-18-9-5-6-15(13-18)28-25(32)21-22(14-10-19(27)23(31)20(11-14)36-2)29(38-24(21)26(28)33)16-7-4-8-17(12-16)30(34)35/h4-13,21-22,24,31H,3H2,1-2H3/t21-,22-,24+/m1/s1. The maximum atomic E-state index is 13.9. The smallest absolute Gasteiger partial charge is 0.271 e. The fourth-order valence-corrected chi connectivity index (χ4v) is 5.23. The van der Waals surface area contributed by atoms with Crippen LogP contribution in [0.2, 0.25) is 0 Å². The number of hydrogen-bond acceptors (Lipinski definition) is 9. The first kappa shape index (κ1) is 25.5. The van der Waals surface area contributed by atoms with Crippen molar-refractivity contribution in [2.24, 2.45) is 5.92 Å². The molecule has 0 spiro atoms. The number of benzene rings is 3. The number of nitrogens with zero attached hydrogens (tertiary/aromatic N) is 3. The van der Waals surface area contributed by atoms with Gasteiger partial charge in [-0.15, -0.1) is 0 Å². The number of hydroxylamine groups is 1. The number of aromatic hydroxyl groups is 1. The van der Waals surface area contributed by atoms with Crippen molar-refractivity contribution < 1.29 is 33.9 Å². The van der Waals surface area contributed by atoms with Crippen molar-refractivity contribution in [3.05, 3.63) is 80.8 Å². The molecule has 0 aromatic heterocycles. The molecular formula is C26H22BrN3O8. The van der Waals surface area contributed by atoms with Crippen molar-refractivity contribution in [2.75, 3.05) is 23.7 Å². The molecule has 196 valence electrons. The van der Waals surface area contributed by atoms with Crippen molar-refractivity contribution in [2.45, 2.75) is 19.1 Å². The fraction of sp³-hybridized carbons (Fsp3) is 0.231. The molecular weight excluding hydrogens is 562 g/mol. The Morgan fingerprint density at radius 2 is 1.82 bits per heavy atom. The van der Waals surface area contributed by atoms with Gasteiger partial charge in [-0.2, -0.15) is 0 Å². The molecule has 0 unspecified atom stereocenters. The zero-order valence-corrected chi connectivity index (χ0v) is 21.8. The maximum Gasteiger partial charge on any atom is 0.271 e. The Bertz CT molecular complexity index is 1450. The van der Waals surface area contributed by atoms with E-state index in [1.807, 2.05) is 6.92 Å². The van der Waals surface area contributed by atoms with Crippen molar-refractivity contribution in [1.82, 2.24) is 0 Å². The number of halogens is 1. The van der Waals surface area contributed by atoms with Gasteiger partial charge in [0.1, 0.15) is 11.7 Å². The molecule has 0 radical (unpaired) electrons. The lowest BCUT2D eigenvalue weighted by Crippen LogP contribution is -2.37. The normalized spacial score (nSPS) is 20.6. The summed E-state index contributed by atoms with van der Waals surface area (Å²) in [6, 6.07) is 14.6. The van der Waals surface area contributed by atoms with Gasteiger partial charge in [-0.1, -0.05) is 12.1 Å². The van der Waals surface area contributed by atoms with Crippen LogP contribution in [0.4, 0.5) is 17.1 Å². The SMILES string of the molecule is CCOc1cccc(N2C(=O)[C@H]3[C@H](ON(c4cccc([N+](=O)[O-])c4)[C@@H]3c3cc(Br)c(O)c(OC)c3)C2=O)c1. The molecule has 5 rings (SSSR count). The topological polar surface area (TPSA) is 132 Å². The highest BCUT2D eigenvalue weighted by Gasteiger charge is 2.60. The molecule has 2 aliphatic rings. The molecule has 0 aliphatic carbocycles. The van der Waals surface area contributed by atoms with E-state index in [0.29, 0.717) is 28.1 Å². The van der Waals surface area contributed by atoms with Crippen LogP contribution in [0.25, 0.3) is 0 Å². The van der Waals surface area contributed by atoms with E-state index in [0.717, 1.165) is 4.90 Å². The van der Waals surface area contributed by atoms with Crippen LogP contribution in [-0.4, -0.2) is 41.7 Å². The molecule has 3 atom stereocenters. The Labute approximate surface area is 225 Å². The number of phenolic OH excluding ortho intramolecular Hbond substituents is 1. The summed E-state index contributed by atoms with van der Waals surface area (Å²) in [5.74, 6) is -1.58. The molecule has 3 aromatic carbocycles. The minimum atomic E-state index is -1.19. The number of non-ortho nitro benzene ring substituents is 1. The molecule has 2 aliphatic heterocycles. The number of carbonyl (C=O) groups excluding carboxylic acids is 2. The van der Waals surface area contributed by atoms with E-state index in [2.05, 4.69) is 15.9 Å². The van der Waals surface area contributed by atoms with Crippen LogP contribution in [-0.2, 0) is 14.4 Å². The number of nitro benzene ring substituents is 1. The third kappa shape index (κ3) is 4.21. The van der Waals surface area contributed by atoms with Gasteiger partial charge in [0.2, 0.25) is 5.91 Å². The van der Waals surface area contributed by atoms with Gasteiger partial charge < -0.3 is 14.6 Å². The van der Waals surface area contributed by atoms with E-state index >= 15 is 0 Å². The lowest BCUT2D eigenvalue weighted by atomic mass is 9.90. The number of methoxy groups -OCH3 is 1. The zero-order valence-electron chi connectivity index (χ0n) is 20.2. The van der Waals surface area contributed by atoms with Gasteiger partial charge in [0.15, 0.2) is 17.6 Å². The second-order valence-corrected chi connectivity index (χ2v) is 9.45. The van der Waals surface area contributed by atoms with Crippen LogP contribution in [0.15, 0.2) is 65.1 Å². The van der Waals surface area contributed by atoms with Crippen LogP contribution >= 0.6 is 15.9 Å². The summed E-state index contributed by atoms with van der Waals surface area (Å²) >= 11 is 3.31. The van der Waals surface area contributed by atoms with Gasteiger partial charge in [-0.05, 0) is 58.7 Å². The van der Waals surface area contributed by atoms with Crippen LogP contribution in [0, 0.1) is 16.0 Å². The number of carbonyl (C=O) groups is 2. The van der Waals surface area contributed by atoms with Crippen molar-refractivity contribution >= 4 is 44.8 Å². The maximum absolute atomic E-state index is 13.9. The predicted octanol–water partition coefficient (Wildman–Crippen LogP) is 4.52. The molecule has 2 fully saturated rings. The summed E-state index contributed by atoms with van der Waals surface area (Å²) in [5.41, 5.74) is 0.927. The predicted molar refractivity (Wildman–Crippen MR) is 139 cm³/mol. The van der Waals surface area contributed by atoms with Gasteiger partial charge in [0, 0.05) is 18.2 Å². The molecule has 1 N–H and O–H groups in total. The summed E-state index contributed by atoms with van der Waals surface area (Å²) in [6.07, 6.45) is -1.19. The highest BCUT2D eigenvalue weighted by molar-refractivity contribution is 9.10. The van der Waals surface area contributed by atoms with Gasteiger partial charge in [-0.25, -0.2) is 9.96 Å². The number of rotatable bonds is 7. The second kappa shape index (κ2) is 9.95. The Kier molecular flexibility index (Phi) is 6.67. The van der Waals surface area contributed by atoms with Gasteiger partial charge in [-0.3, -0.25) is 24.5 Å². The molecule has 2 amide bonds. The van der Waals surface area contributed by atoms with E-state index in [9.17, 15) is 24.8 Å². The lowest BCUT2D eigenvalue weighted by Gasteiger charge is -2.29. The number of hydrogen-bond donors (Lipinski definition) is 1. The Morgan fingerprint density at radius 1 is 1.08 bits per heavy atom. The van der Waals surface area contributed by atoms with Crippen molar-refractivity contribution in [3.8, 4) is 17.2 Å². The molecule has 12 heteroatoms. The lowest BCUT2D eigenvalue weighted by molar-refractivity contribution is -0.384. The van der Waals surface area contributed by atoms with Gasteiger partial charge in [0.25, 0.3) is 11.6 Å². The Hall–Kier alpha value is -4.16. The fourth-order valence-electron chi connectivity index (χ4n) is 4.77. The zero-order chi connectivity index (χ0) is 27.1. The Morgan fingerprint density at radius 3 is 2.53 bits per heavy atom. The van der Waals surface area contributed by atoms with Crippen LogP contribution in [0.1, 0.15) is 18.5 Å². The first-order valence-corrected chi connectivity index (χ1v) is 12.4. The van der Waals surface area contributed by atoms with Gasteiger partial charge in [0.05, 0.1) is 40.5 Å². The Balaban J connectivity index is 1.62. The van der Waals surface area contributed by atoms with Crippen molar-refractivity contribution in [3.63, 3.8) is 0 Å². The third-order valence-electron chi connectivity index (χ3n) is 6.41. The number of fused-ring (bicyclic) bond motifs is 1. The third-order valence-corrected chi connectivity index (χ3v) is 7.01. The minimum Gasteiger partial charge on any atom is -0.503 e. The number of anilines is 2. The highest BCUT2D eigenvalue weighted by Crippen LogP contribution is 2.50. The van der Waals surface area contributed by atoms with Crippen LogP contribution in [0.5, 0.6) is 17.2 Å². The molecule has 11 nitrogen and oxygen atoms in total. The highest BCUT2D eigenvalue weighted by atomic mass is 79.9. The molecule has 0 bridgehead atoms. The number of nitro groups is 1. The number of imide groups is 1. The number of ether oxygens (including phenoxy) is 2. The van der Waals surface area contributed by atoms with E-state index in [1.165, 1.54) is 36.4 Å². The molecule has 2 saturated heterocycles. The molecule has 2 heterocycles. The van der Waals surface area contributed by atoms with E-state index in [-0.39, 0.29) is 22.9 Å². The van der Waals surface area contributed by atoms with Crippen LogP contribution in [0.3, 0.4) is 0 Å². The molecule has 3 aromatic rings. The summed E-state index contributed by atoms with van der Waals surface area (Å²) in [5, 5.41) is 23.1. The number of phenols is 1. The monoisotopic (exact) mass is 583 g/mol. The quantitative estimate of drug-likeness (QED) is 0.242. The largest absolute Gasteiger partial charge is 0.503 e. The average molecular weight is 584 g/mol. The van der Waals surface area contributed by atoms with E-state index in [4.69, 9.17) is 14.3 Å². The average Bonchev–Trinajstić information content (AvgIpc) is 3.41. The summed E-state index contributed by atoms with van der Waals surface area (Å²) in [6.45, 7) is 2.24. The van der Waals surface area contributed by atoms with E-state index in [1.54, 1.807) is 36.4 Å². The summed E-state index contributed by atoms with van der Waals surface area (Å²) in [7, 11) is 1.38. The summed E-state index contributed by atoms with van der Waals surface area (Å²) in [4.78, 5) is 45.5.